The van der Waals surface area contributed by atoms with Gasteiger partial charge in [0.1, 0.15) is 0 Å². The molecule has 4 N–H and O–H groups in total. The zero-order valence-electron chi connectivity index (χ0n) is 11.4. The molecular formula is C15H16N6. The summed E-state index contributed by atoms with van der Waals surface area (Å²) in [7, 11) is 0. The summed E-state index contributed by atoms with van der Waals surface area (Å²) in [5.74, 6) is 0.482. The predicted molar refractivity (Wildman–Crippen MR) is 85.9 cm³/mol. The van der Waals surface area contributed by atoms with Crippen LogP contribution in [-0.2, 0) is 0 Å². The van der Waals surface area contributed by atoms with Crippen LogP contribution in [0.1, 0.15) is 5.56 Å². The van der Waals surface area contributed by atoms with E-state index >= 15 is 0 Å². The van der Waals surface area contributed by atoms with Crippen LogP contribution in [0.2, 0.25) is 0 Å². The monoisotopic (exact) mass is 280 g/mol. The lowest BCUT2D eigenvalue weighted by Gasteiger charge is -2.13. The molecule has 106 valence electrons. The van der Waals surface area contributed by atoms with E-state index in [1.807, 2.05) is 42.6 Å². The Morgan fingerprint density at radius 2 is 1.62 bits per heavy atom. The van der Waals surface area contributed by atoms with Gasteiger partial charge in [0.25, 0.3) is 0 Å². The normalized spacial score (nSPS) is 11.0. The summed E-state index contributed by atoms with van der Waals surface area (Å²) >= 11 is 0. The predicted octanol–water partition coefficient (Wildman–Crippen LogP) is 2.21. The molecule has 0 amide bonds. The van der Waals surface area contributed by atoms with Crippen molar-refractivity contribution in [1.82, 2.24) is 15.0 Å². The number of nitrogens with zero attached hydrogens (tertiary/aromatic N) is 4. The minimum atomic E-state index is 0.0719. The van der Waals surface area contributed by atoms with Crippen molar-refractivity contribution in [3.63, 3.8) is 0 Å². The maximum Gasteiger partial charge on any atom is 0.240 e. The third-order valence-corrected chi connectivity index (χ3v) is 2.50. The molecule has 0 aliphatic heterocycles. The molecule has 1 aromatic heterocycles. The Bertz CT molecular complexity index is 643. The molecule has 21 heavy (non-hydrogen) atoms. The third kappa shape index (κ3) is 4.17. The Labute approximate surface area is 123 Å². The molecule has 0 saturated carbocycles. The van der Waals surface area contributed by atoms with E-state index in [0.717, 1.165) is 5.56 Å². The molecule has 6 nitrogen and oxygen atoms in total. The summed E-state index contributed by atoms with van der Waals surface area (Å²) < 4.78 is 0. The van der Waals surface area contributed by atoms with Crippen molar-refractivity contribution in [3.05, 3.63) is 67.0 Å². The Kier molecular flexibility index (Phi) is 4.66. The molecule has 2 aromatic rings. The fraction of sp³-hybridized carbons (Fsp3) is 0. The van der Waals surface area contributed by atoms with Crippen LogP contribution in [-0.4, -0.2) is 15.0 Å². The zero-order chi connectivity index (χ0) is 15.1. The molecule has 1 heterocycles. The van der Waals surface area contributed by atoms with Crippen molar-refractivity contribution in [1.29, 1.82) is 0 Å². The molecule has 0 fully saturated rings. The number of hydrogen-bond acceptors (Lipinski definition) is 6. The quantitative estimate of drug-likeness (QED) is 0.815. The second-order valence-corrected chi connectivity index (χ2v) is 4.06. The topological polar surface area (TPSA) is 94.0 Å². The van der Waals surface area contributed by atoms with Crippen molar-refractivity contribution in [2.75, 3.05) is 16.4 Å². The first kappa shape index (κ1) is 14.3. The minimum Gasteiger partial charge on any atom is -0.368 e. The lowest BCUT2D eigenvalue weighted by Crippen LogP contribution is -2.14. The largest absolute Gasteiger partial charge is 0.368 e. The van der Waals surface area contributed by atoms with Gasteiger partial charge in [-0.3, -0.25) is 4.90 Å². The standard InChI is InChI=1S/C15H16N6/c1-2-3-10-21(11-9-12-7-5-4-6-8-12)15-19-13(16)18-14(17)20-15/h2-11H,1H2,(H4,16,17,18,19,20). The lowest BCUT2D eigenvalue weighted by molar-refractivity contribution is 1.03. The van der Waals surface area contributed by atoms with Gasteiger partial charge in [0.15, 0.2) is 0 Å². The molecule has 0 bridgehead atoms. The van der Waals surface area contributed by atoms with E-state index in [0.29, 0.717) is 5.95 Å². The van der Waals surface area contributed by atoms with Crippen molar-refractivity contribution < 1.29 is 0 Å². The number of anilines is 3. The second-order valence-electron chi connectivity index (χ2n) is 4.06. The van der Waals surface area contributed by atoms with Gasteiger partial charge in [0.05, 0.1) is 0 Å². The van der Waals surface area contributed by atoms with Crippen LogP contribution in [0.25, 0.3) is 6.08 Å². The van der Waals surface area contributed by atoms with Crippen LogP contribution in [0.5, 0.6) is 0 Å². The third-order valence-electron chi connectivity index (χ3n) is 2.50. The van der Waals surface area contributed by atoms with Crippen LogP contribution < -0.4 is 16.4 Å². The number of allylic oxidation sites excluding steroid dienone is 2. The molecule has 0 aliphatic rings. The molecule has 0 radical (unpaired) electrons. The summed E-state index contributed by atoms with van der Waals surface area (Å²) in [6.45, 7) is 3.64. The van der Waals surface area contributed by atoms with Crippen LogP contribution in [0, 0.1) is 0 Å². The lowest BCUT2D eigenvalue weighted by atomic mass is 10.2. The van der Waals surface area contributed by atoms with Crippen molar-refractivity contribution >= 4 is 23.9 Å². The molecule has 0 spiro atoms. The zero-order valence-corrected chi connectivity index (χ0v) is 11.4. The summed E-state index contributed by atoms with van der Waals surface area (Å²) in [5.41, 5.74) is 12.2. The summed E-state index contributed by atoms with van der Waals surface area (Å²) in [6, 6.07) is 9.86. The Morgan fingerprint density at radius 3 is 2.24 bits per heavy atom. The maximum absolute atomic E-state index is 5.60. The van der Waals surface area contributed by atoms with Gasteiger partial charge in [-0.25, -0.2) is 0 Å². The average Bonchev–Trinajstić information content (AvgIpc) is 2.47. The van der Waals surface area contributed by atoms with Crippen molar-refractivity contribution in [3.8, 4) is 0 Å². The van der Waals surface area contributed by atoms with E-state index in [4.69, 9.17) is 11.5 Å². The molecule has 0 saturated heterocycles. The van der Waals surface area contributed by atoms with Gasteiger partial charge < -0.3 is 11.5 Å². The Morgan fingerprint density at radius 1 is 0.952 bits per heavy atom. The molecular weight excluding hydrogens is 264 g/mol. The SMILES string of the molecule is C=CC=CN(C=Cc1ccccc1)c1nc(N)nc(N)n1. The first-order valence-corrected chi connectivity index (χ1v) is 6.27. The molecule has 2 rings (SSSR count). The Balaban J connectivity index is 2.32. The summed E-state index contributed by atoms with van der Waals surface area (Å²) in [5, 5.41) is 0. The number of nitrogen functional groups attached to an aromatic ring is 2. The highest BCUT2D eigenvalue weighted by atomic mass is 15.3. The maximum atomic E-state index is 5.60. The summed E-state index contributed by atoms with van der Waals surface area (Å²) in [6.07, 6.45) is 8.89. The highest BCUT2D eigenvalue weighted by Gasteiger charge is 2.06. The smallest absolute Gasteiger partial charge is 0.240 e. The fourth-order valence-corrected chi connectivity index (χ4v) is 1.58. The van der Waals surface area contributed by atoms with Crippen molar-refractivity contribution in [2.24, 2.45) is 0 Å². The Hall–Kier alpha value is -3.15. The van der Waals surface area contributed by atoms with E-state index in [9.17, 15) is 0 Å². The van der Waals surface area contributed by atoms with E-state index in [1.165, 1.54) is 0 Å². The van der Waals surface area contributed by atoms with Gasteiger partial charge in [-0.2, -0.15) is 15.0 Å². The number of rotatable bonds is 5. The fourth-order valence-electron chi connectivity index (χ4n) is 1.58. The van der Waals surface area contributed by atoms with Gasteiger partial charge in [-0.15, -0.1) is 0 Å². The number of nitrogens with two attached hydrogens (primary N) is 2. The van der Waals surface area contributed by atoms with Gasteiger partial charge >= 0.3 is 0 Å². The number of hydrogen-bond donors (Lipinski definition) is 2. The molecule has 0 unspecified atom stereocenters. The van der Waals surface area contributed by atoms with Crippen LogP contribution in [0.4, 0.5) is 17.8 Å². The van der Waals surface area contributed by atoms with Gasteiger partial charge in [0.2, 0.25) is 17.8 Å². The van der Waals surface area contributed by atoms with E-state index < -0.39 is 0 Å². The number of benzene rings is 1. The molecule has 6 heteroatoms. The van der Waals surface area contributed by atoms with Gasteiger partial charge in [0, 0.05) is 12.4 Å². The highest BCUT2D eigenvalue weighted by Crippen LogP contribution is 2.13. The van der Waals surface area contributed by atoms with Crippen LogP contribution in [0.15, 0.2) is 61.5 Å². The van der Waals surface area contributed by atoms with Crippen LogP contribution >= 0.6 is 0 Å². The van der Waals surface area contributed by atoms with E-state index in [2.05, 4.69) is 21.5 Å². The first-order valence-electron chi connectivity index (χ1n) is 6.27. The second kappa shape index (κ2) is 6.85. The van der Waals surface area contributed by atoms with E-state index in [1.54, 1.807) is 23.3 Å². The van der Waals surface area contributed by atoms with Crippen LogP contribution in [0.3, 0.4) is 0 Å². The minimum absolute atomic E-state index is 0.0719. The average molecular weight is 280 g/mol. The van der Waals surface area contributed by atoms with E-state index in [-0.39, 0.29) is 11.9 Å². The molecule has 0 aliphatic carbocycles. The van der Waals surface area contributed by atoms with Gasteiger partial charge in [-0.1, -0.05) is 43.0 Å². The number of aromatic nitrogens is 3. The first-order chi connectivity index (χ1) is 10.2. The summed E-state index contributed by atoms with van der Waals surface area (Å²) in [4.78, 5) is 13.6. The molecule has 0 atom stereocenters. The molecule has 1 aromatic carbocycles. The van der Waals surface area contributed by atoms with Gasteiger partial charge in [-0.05, 0) is 17.7 Å². The van der Waals surface area contributed by atoms with Crippen molar-refractivity contribution in [2.45, 2.75) is 0 Å². The highest BCUT2D eigenvalue weighted by molar-refractivity contribution is 5.56.